The standard InChI is InChI=1S/C18H27N3O3/c1-2-24-16-9-4-3-8-15(16)18(23)20-11-5-10-17(22)21-12-6-7-14(21)13-19/h3-4,8-9,14H,2,5-7,10-13,19H2,1H3,(H,20,23). The first-order valence-electron chi connectivity index (χ1n) is 8.67. The van der Waals surface area contributed by atoms with Crippen molar-refractivity contribution in [3.8, 4) is 5.75 Å². The Morgan fingerprint density at radius 3 is 2.92 bits per heavy atom. The number of carbonyl (C=O) groups excluding carboxylic acids is 2. The summed E-state index contributed by atoms with van der Waals surface area (Å²) < 4.78 is 5.46. The van der Waals surface area contributed by atoms with E-state index in [1.807, 2.05) is 17.9 Å². The molecule has 6 heteroatoms. The van der Waals surface area contributed by atoms with Crippen LogP contribution in [0.3, 0.4) is 0 Å². The molecule has 0 aromatic heterocycles. The van der Waals surface area contributed by atoms with Crippen LogP contribution in [0.4, 0.5) is 0 Å². The number of ether oxygens (including phenoxy) is 1. The molecular formula is C18H27N3O3. The van der Waals surface area contributed by atoms with Crippen LogP contribution in [0.25, 0.3) is 0 Å². The Hall–Kier alpha value is -2.08. The van der Waals surface area contributed by atoms with Gasteiger partial charge in [0.15, 0.2) is 0 Å². The summed E-state index contributed by atoms with van der Waals surface area (Å²) in [6.45, 7) is 4.18. The van der Waals surface area contributed by atoms with E-state index < -0.39 is 0 Å². The van der Waals surface area contributed by atoms with Crippen molar-refractivity contribution < 1.29 is 14.3 Å². The molecule has 1 aliphatic heterocycles. The summed E-state index contributed by atoms with van der Waals surface area (Å²) in [6.07, 6.45) is 3.07. The maximum absolute atomic E-state index is 12.2. The lowest BCUT2D eigenvalue weighted by molar-refractivity contribution is -0.131. The molecule has 3 N–H and O–H groups in total. The van der Waals surface area contributed by atoms with Gasteiger partial charge in [0.05, 0.1) is 12.2 Å². The summed E-state index contributed by atoms with van der Waals surface area (Å²) in [6, 6.07) is 7.35. The number of rotatable bonds is 8. The fourth-order valence-corrected chi connectivity index (χ4v) is 3.03. The number of hydrogen-bond donors (Lipinski definition) is 2. The van der Waals surface area contributed by atoms with Gasteiger partial charge in [0.1, 0.15) is 5.75 Å². The van der Waals surface area contributed by atoms with Gasteiger partial charge in [-0.05, 0) is 38.3 Å². The topological polar surface area (TPSA) is 84.7 Å². The molecule has 1 aromatic rings. The summed E-state index contributed by atoms with van der Waals surface area (Å²) >= 11 is 0. The van der Waals surface area contributed by atoms with E-state index in [4.69, 9.17) is 10.5 Å². The van der Waals surface area contributed by atoms with Gasteiger partial charge in [0.25, 0.3) is 5.91 Å². The number of nitrogens with two attached hydrogens (primary N) is 1. The third-order valence-electron chi connectivity index (χ3n) is 4.25. The molecule has 0 bridgehead atoms. The van der Waals surface area contributed by atoms with E-state index in [9.17, 15) is 9.59 Å². The summed E-state index contributed by atoms with van der Waals surface area (Å²) in [4.78, 5) is 26.3. The van der Waals surface area contributed by atoms with E-state index in [0.717, 1.165) is 19.4 Å². The number of para-hydroxylation sites is 1. The highest BCUT2D eigenvalue weighted by Crippen LogP contribution is 2.18. The van der Waals surface area contributed by atoms with Gasteiger partial charge in [0.2, 0.25) is 5.91 Å². The van der Waals surface area contributed by atoms with Gasteiger partial charge in [-0.1, -0.05) is 12.1 Å². The summed E-state index contributed by atoms with van der Waals surface area (Å²) in [5.41, 5.74) is 6.22. The van der Waals surface area contributed by atoms with Crippen LogP contribution < -0.4 is 15.8 Å². The molecule has 0 spiro atoms. The minimum Gasteiger partial charge on any atom is -0.493 e. The van der Waals surface area contributed by atoms with E-state index >= 15 is 0 Å². The second kappa shape index (κ2) is 9.27. The van der Waals surface area contributed by atoms with Crippen LogP contribution >= 0.6 is 0 Å². The zero-order valence-electron chi connectivity index (χ0n) is 14.3. The number of nitrogens with one attached hydrogen (secondary N) is 1. The largest absolute Gasteiger partial charge is 0.493 e. The number of amides is 2. The lowest BCUT2D eigenvalue weighted by Crippen LogP contribution is -2.40. The molecule has 1 saturated heterocycles. The highest BCUT2D eigenvalue weighted by atomic mass is 16.5. The minimum atomic E-state index is -0.174. The van der Waals surface area contributed by atoms with Gasteiger partial charge >= 0.3 is 0 Å². The number of hydrogen-bond acceptors (Lipinski definition) is 4. The zero-order chi connectivity index (χ0) is 17.4. The van der Waals surface area contributed by atoms with E-state index in [1.165, 1.54) is 0 Å². The number of benzene rings is 1. The molecule has 0 saturated carbocycles. The van der Waals surface area contributed by atoms with Gasteiger partial charge in [-0.25, -0.2) is 0 Å². The van der Waals surface area contributed by atoms with Gasteiger partial charge in [0, 0.05) is 32.1 Å². The van der Waals surface area contributed by atoms with Crippen LogP contribution in [0.2, 0.25) is 0 Å². The summed E-state index contributed by atoms with van der Waals surface area (Å²) in [5.74, 6) is 0.538. The molecule has 0 aliphatic carbocycles. The molecule has 2 amide bonds. The van der Waals surface area contributed by atoms with Crippen molar-refractivity contribution in [2.75, 3.05) is 26.2 Å². The van der Waals surface area contributed by atoms with Crippen LogP contribution in [0.15, 0.2) is 24.3 Å². The minimum absolute atomic E-state index is 0.131. The first-order valence-corrected chi connectivity index (χ1v) is 8.67. The molecule has 1 atom stereocenters. The molecule has 1 fully saturated rings. The molecule has 1 unspecified atom stereocenters. The van der Waals surface area contributed by atoms with Crippen LogP contribution in [0.1, 0.15) is 43.0 Å². The zero-order valence-corrected chi connectivity index (χ0v) is 14.3. The Morgan fingerprint density at radius 1 is 1.38 bits per heavy atom. The third-order valence-corrected chi connectivity index (χ3v) is 4.25. The molecule has 1 heterocycles. The van der Waals surface area contributed by atoms with Crippen molar-refractivity contribution in [3.63, 3.8) is 0 Å². The maximum atomic E-state index is 12.2. The van der Waals surface area contributed by atoms with Crippen molar-refractivity contribution in [3.05, 3.63) is 29.8 Å². The molecular weight excluding hydrogens is 306 g/mol. The highest BCUT2D eigenvalue weighted by Gasteiger charge is 2.26. The second-order valence-corrected chi connectivity index (χ2v) is 5.91. The number of likely N-dealkylation sites (tertiary alicyclic amines) is 1. The Balaban J connectivity index is 1.76. The van der Waals surface area contributed by atoms with Crippen molar-refractivity contribution in [1.82, 2.24) is 10.2 Å². The highest BCUT2D eigenvalue weighted by molar-refractivity contribution is 5.96. The predicted octanol–water partition coefficient (Wildman–Crippen LogP) is 1.54. The Bertz CT molecular complexity index is 562. The average Bonchev–Trinajstić information content (AvgIpc) is 3.08. The van der Waals surface area contributed by atoms with Crippen LogP contribution in [-0.4, -0.2) is 49.0 Å². The quantitative estimate of drug-likeness (QED) is 0.707. The SMILES string of the molecule is CCOc1ccccc1C(=O)NCCCC(=O)N1CCCC1CN. The summed E-state index contributed by atoms with van der Waals surface area (Å²) in [7, 11) is 0. The van der Waals surface area contributed by atoms with Crippen molar-refractivity contribution in [2.45, 2.75) is 38.6 Å². The predicted molar refractivity (Wildman–Crippen MR) is 93.0 cm³/mol. The molecule has 2 rings (SSSR count). The number of carbonyl (C=O) groups is 2. The van der Waals surface area contributed by atoms with E-state index in [2.05, 4.69) is 5.32 Å². The Labute approximate surface area is 143 Å². The van der Waals surface area contributed by atoms with Gasteiger partial charge in [-0.2, -0.15) is 0 Å². The van der Waals surface area contributed by atoms with Crippen molar-refractivity contribution >= 4 is 11.8 Å². The van der Waals surface area contributed by atoms with E-state index in [1.54, 1.807) is 18.2 Å². The van der Waals surface area contributed by atoms with Crippen molar-refractivity contribution in [1.29, 1.82) is 0 Å². The normalized spacial score (nSPS) is 16.9. The van der Waals surface area contributed by atoms with Gasteiger partial charge in [-0.15, -0.1) is 0 Å². The first-order chi connectivity index (χ1) is 11.7. The lowest BCUT2D eigenvalue weighted by Gasteiger charge is -2.23. The number of nitrogens with zero attached hydrogens (tertiary/aromatic N) is 1. The molecule has 1 aliphatic rings. The van der Waals surface area contributed by atoms with Crippen LogP contribution in [0, 0.1) is 0 Å². The van der Waals surface area contributed by atoms with Crippen LogP contribution in [-0.2, 0) is 4.79 Å². The second-order valence-electron chi connectivity index (χ2n) is 5.91. The van der Waals surface area contributed by atoms with Crippen LogP contribution in [0.5, 0.6) is 5.75 Å². The third kappa shape index (κ3) is 4.71. The maximum Gasteiger partial charge on any atom is 0.255 e. The molecule has 1 aromatic carbocycles. The molecule has 132 valence electrons. The lowest BCUT2D eigenvalue weighted by atomic mass is 10.2. The van der Waals surface area contributed by atoms with E-state index in [0.29, 0.717) is 43.9 Å². The fraction of sp³-hybridized carbons (Fsp3) is 0.556. The van der Waals surface area contributed by atoms with Gasteiger partial charge in [-0.3, -0.25) is 9.59 Å². The van der Waals surface area contributed by atoms with E-state index in [-0.39, 0.29) is 17.9 Å². The summed E-state index contributed by atoms with van der Waals surface area (Å²) in [5, 5.41) is 2.85. The first kappa shape index (κ1) is 18.3. The molecule has 24 heavy (non-hydrogen) atoms. The smallest absolute Gasteiger partial charge is 0.255 e. The Morgan fingerprint density at radius 2 is 2.17 bits per heavy atom. The van der Waals surface area contributed by atoms with Crippen molar-refractivity contribution in [2.24, 2.45) is 5.73 Å². The average molecular weight is 333 g/mol. The molecule has 0 radical (unpaired) electrons. The monoisotopic (exact) mass is 333 g/mol. The Kier molecular flexibility index (Phi) is 7.06. The molecule has 6 nitrogen and oxygen atoms in total. The van der Waals surface area contributed by atoms with Gasteiger partial charge < -0.3 is 20.7 Å². The fourth-order valence-electron chi connectivity index (χ4n) is 3.03.